The number of carbonyl (C=O) groups is 1. The summed E-state index contributed by atoms with van der Waals surface area (Å²) in [4.78, 5) is 17.4. The fraction of sp³-hybridized carbons (Fsp3) is 0.552. The van der Waals surface area contributed by atoms with Crippen LogP contribution in [0.15, 0.2) is 42.5 Å². The molecule has 3 aliphatic heterocycles. The fourth-order valence-corrected chi connectivity index (χ4v) is 6.19. The first kappa shape index (κ1) is 22.1. The molecule has 5 nitrogen and oxygen atoms in total. The molecule has 0 unspecified atom stereocenters. The van der Waals surface area contributed by atoms with Crippen LogP contribution in [0.4, 0.5) is 0 Å². The maximum atomic E-state index is 12.8. The molecule has 0 aromatic heterocycles. The third-order valence-electron chi connectivity index (χ3n) is 8.77. The number of carbonyl (C=O) groups excluding carboxylic acids is 1. The second kappa shape index (κ2) is 9.01. The van der Waals surface area contributed by atoms with Crippen molar-refractivity contribution in [2.24, 2.45) is 0 Å². The van der Waals surface area contributed by atoms with Crippen molar-refractivity contribution in [3.8, 4) is 16.9 Å². The van der Waals surface area contributed by atoms with E-state index in [4.69, 9.17) is 9.47 Å². The van der Waals surface area contributed by atoms with E-state index in [-0.39, 0.29) is 17.6 Å². The van der Waals surface area contributed by atoms with Gasteiger partial charge in [0.05, 0.1) is 6.10 Å². The second-order valence-electron chi connectivity index (χ2n) is 10.7. The second-order valence-corrected chi connectivity index (χ2v) is 10.7. The summed E-state index contributed by atoms with van der Waals surface area (Å²) >= 11 is 0. The number of piperidine rings is 1. The number of benzene rings is 2. The van der Waals surface area contributed by atoms with Crippen molar-refractivity contribution in [1.82, 2.24) is 9.80 Å². The van der Waals surface area contributed by atoms with Crippen LogP contribution in [0.5, 0.6) is 5.75 Å². The topological polar surface area (TPSA) is 42.0 Å². The van der Waals surface area contributed by atoms with Crippen molar-refractivity contribution in [2.45, 2.75) is 69.1 Å². The Balaban J connectivity index is 1.11. The van der Waals surface area contributed by atoms with E-state index in [1.54, 1.807) is 7.11 Å². The molecule has 34 heavy (non-hydrogen) atoms. The zero-order chi connectivity index (χ0) is 23.1. The quantitative estimate of drug-likeness (QED) is 0.649. The van der Waals surface area contributed by atoms with E-state index in [1.165, 1.54) is 43.5 Å². The van der Waals surface area contributed by atoms with Gasteiger partial charge in [-0.25, -0.2) is 0 Å². The standard InChI is InChI=1S/C29H36N2O3/c1-33-26-12-16-31(20-26)28(32)22-7-5-21(6-8-22)23-9-10-27-24(19-23)11-13-29(34-27)14-17-30(18-15-29)25-3-2-4-25/h5-10,19,25-26H,2-4,11-18,20H2,1H3/t26-/m0/s1. The highest BCUT2D eigenvalue weighted by Gasteiger charge is 2.41. The van der Waals surface area contributed by atoms with Crippen molar-refractivity contribution >= 4 is 5.91 Å². The van der Waals surface area contributed by atoms with E-state index in [9.17, 15) is 4.79 Å². The molecule has 0 radical (unpaired) electrons. The molecule has 1 atom stereocenters. The van der Waals surface area contributed by atoms with Gasteiger partial charge in [0.1, 0.15) is 11.4 Å². The van der Waals surface area contributed by atoms with Gasteiger partial charge >= 0.3 is 0 Å². The van der Waals surface area contributed by atoms with Gasteiger partial charge in [0, 0.05) is 44.9 Å². The summed E-state index contributed by atoms with van der Waals surface area (Å²) in [6.07, 6.45) is 9.78. The predicted octanol–water partition coefficient (Wildman–Crippen LogP) is 4.93. The van der Waals surface area contributed by atoms with E-state index in [0.29, 0.717) is 6.54 Å². The number of likely N-dealkylation sites (tertiary alicyclic amines) is 2. The lowest BCUT2D eigenvalue weighted by Crippen LogP contribution is -2.53. The van der Waals surface area contributed by atoms with Crippen molar-refractivity contribution < 1.29 is 14.3 Å². The Morgan fingerprint density at radius 1 is 0.971 bits per heavy atom. The van der Waals surface area contributed by atoms with Gasteiger partial charge in [-0.05, 0) is 85.9 Å². The highest BCUT2D eigenvalue weighted by molar-refractivity contribution is 5.95. The maximum Gasteiger partial charge on any atom is 0.253 e. The van der Waals surface area contributed by atoms with Crippen LogP contribution < -0.4 is 4.74 Å². The van der Waals surface area contributed by atoms with Gasteiger partial charge in [-0.1, -0.05) is 24.6 Å². The van der Waals surface area contributed by atoms with E-state index in [0.717, 1.165) is 61.6 Å². The number of fused-ring (bicyclic) bond motifs is 1. The number of nitrogens with zero attached hydrogens (tertiary/aromatic N) is 2. The fourth-order valence-electron chi connectivity index (χ4n) is 6.19. The van der Waals surface area contributed by atoms with Crippen LogP contribution >= 0.6 is 0 Å². The Labute approximate surface area is 203 Å². The number of hydrogen-bond donors (Lipinski definition) is 0. The van der Waals surface area contributed by atoms with Crippen LogP contribution in [-0.2, 0) is 11.2 Å². The molecular formula is C29H36N2O3. The molecule has 1 amide bonds. The molecule has 6 rings (SSSR count). The Bertz CT molecular complexity index is 1040. The summed E-state index contributed by atoms with van der Waals surface area (Å²) in [5.41, 5.74) is 4.43. The van der Waals surface area contributed by atoms with Gasteiger partial charge < -0.3 is 19.3 Å². The Morgan fingerprint density at radius 2 is 1.74 bits per heavy atom. The number of methoxy groups -OCH3 is 1. The van der Waals surface area contributed by atoms with E-state index < -0.39 is 0 Å². The van der Waals surface area contributed by atoms with Crippen LogP contribution in [0, 0.1) is 0 Å². The lowest BCUT2D eigenvalue weighted by molar-refractivity contribution is -0.0336. The molecule has 3 heterocycles. The summed E-state index contributed by atoms with van der Waals surface area (Å²) in [6, 6.07) is 15.5. The van der Waals surface area contributed by atoms with Crippen molar-refractivity contribution in [3.05, 3.63) is 53.6 Å². The molecule has 1 aliphatic carbocycles. The van der Waals surface area contributed by atoms with E-state index >= 15 is 0 Å². The first-order valence-corrected chi connectivity index (χ1v) is 13.1. The van der Waals surface area contributed by atoms with Crippen LogP contribution in [-0.4, -0.2) is 66.7 Å². The summed E-state index contributed by atoms with van der Waals surface area (Å²) < 4.78 is 12.1. The minimum absolute atomic E-state index is 0.0359. The van der Waals surface area contributed by atoms with Crippen molar-refractivity contribution in [2.75, 3.05) is 33.3 Å². The average Bonchev–Trinajstić information content (AvgIpc) is 3.33. The number of rotatable bonds is 4. The first-order valence-electron chi connectivity index (χ1n) is 13.1. The first-order chi connectivity index (χ1) is 16.6. The van der Waals surface area contributed by atoms with Crippen LogP contribution in [0.25, 0.3) is 11.1 Å². The average molecular weight is 461 g/mol. The highest BCUT2D eigenvalue weighted by atomic mass is 16.5. The third-order valence-corrected chi connectivity index (χ3v) is 8.77. The predicted molar refractivity (Wildman–Crippen MR) is 133 cm³/mol. The van der Waals surface area contributed by atoms with Crippen LogP contribution in [0.2, 0.25) is 0 Å². The maximum absolute atomic E-state index is 12.8. The molecule has 180 valence electrons. The molecule has 1 saturated carbocycles. The minimum atomic E-state index is 0.0359. The zero-order valence-corrected chi connectivity index (χ0v) is 20.3. The SMILES string of the molecule is CO[C@H]1CCN(C(=O)c2ccc(-c3ccc4c(c3)CCC3(CCN(C5CCC5)CC3)O4)cc2)C1. The minimum Gasteiger partial charge on any atom is -0.487 e. The van der Waals surface area contributed by atoms with E-state index in [1.807, 2.05) is 17.0 Å². The van der Waals surface area contributed by atoms with E-state index in [2.05, 4.69) is 35.2 Å². The number of aryl methyl sites for hydroxylation is 1. The molecule has 0 bridgehead atoms. The van der Waals surface area contributed by atoms with Gasteiger partial charge in [0.2, 0.25) is 0 Å². The van der Waals surface area contributed by atoms with Crippen molar-refractivity contribution in [3.63, 3.8) is 0 Å². The molecule has 2 aromatic carbocycles. The van der Waals surface area contributed by atoms with Gasteiger partial charge in [0.15, 0.2) is 0 Å². The molecule has 4 aliphatic rings. The van der Waals surface area contributed by atoms with Crippen LogP contribution in [0.1, 0.15) is 60.9 Å². The largest absolute Gasteiger partial charge is 0.487 e. The van der Waals surface area contributed by atoms with Crippen LogP contribution in [0.3, 0.4) is 0 Å². The normalized spacial score (nSPS) is 24.5. The highest BCUT2D eigenvalue weighted by Crippen LogP contribution is 2.42. The summed E-state index contributed by atoms with van der Waals surface area (Å²) in [5.74, 6) is 1.17. The molecule has 3 fully saturated rings. The third kappa shape index (κ3) is 4.14. The molecule has 0 N–H and O–H groups in total. The smallest absolute Gasteiger partial charge is 0.253 e. The summed E-state index contributed by atoms with van der Waals surface area (Å²) in [5, 5.41) is 0. The zero-order valence-electron chi connectivity index (χ0n) is 20.3. The Kier molecular flexibility index (Phi) is 5.86. The molecular weight excluding hydrogens is 424 g/mol. The molecule has 5 heteroatoms. The molecule has 2 saturated heterocycles. The monoisotopic (exact) mass is 460 g/mol. The van der Waals surface area contributed by atoms with Crippen molar-refractivity contribution in [1.29, 1.82) is 0 Å². The summed E-state index contributed by atoms with van der Waals surface area (Å²) in [6.45, 7) is 3.82. The Hall–Kier alpha value is -2.37. The van der Waals surface area contributed by atoms with Gasteiger partial charge in [-0.3, -0.25) is 4.79 Å². The summed E-state index contributed by atoms with van der Waals surface area (Å²) in [7, 11) is 1.72. The number of ether oxygens (including phenoxy) is 2. The lowest BCUT2D eigenvalue weighted by atomic mass is 9.81. The molecule has 2 aromatic rings. The van der Waals surface area contributed by atoms with Gasteiger partial charge in [0.25, 0.3) is 5.91 Å². The van der Waals surface area contributed by atoms with Gasteiger partial charge in [-0.2, -0.15) is 0 Å². The van der Waals surface area contributed by atoms with Gasteiger partial charge in [-0.15, -0.1) is 0 Å². The number of amides is 1. The molecule has 1 spiro atoms. The Morgan fingerprint density at radius 3 is 2.41 bits per heavy atom. The number of hydrogen-bond acceptors (Lipinski definition) is 4. The lowest BCUT2D eigenvalue weighted by Gasteiger charge is -2.48.